The van der Waals surface area contributed by atoms with Crippen molar-refractivity contribution < 1.29 is 29.3 Å². The van der Waals surface area contributed by atoms with Crippen molar-refractivity contribution >= 4 is 41.0 Å². The average molecular weight is 312 g/mol. The molecule has 0 bridgehead atoms. The Hall–Kier alpha value is -1.08. The van der Waals surface area contributed by atoms with Crippen molar-refractivity contribution in [2.75, 3.05) is 0 Å². The number of rotatable bonds is 10. The number of ether oxygens (including phenoxy) is 1. The fourth-order valence-corrected chi connectivity index (χ4v) is 1.85. The molecule has 0 aromatic carbocycles. The first-order valence-electron chi connectivity index (χ1n) is 6.40. The maximum atomic E-state index is 11.3. The second kappa shape index (κ2) is 11.6. The van der Waals surface area contributed by atoms with Gasteiger partial charge in [0.1, 0.15) is 6.10 Å². The number of carbonyl (C=O) groups excluding carboxylic acids is 1. The van der Waals surface area contributed by atoms with E-state index in [1.54, 1.807) is 6.92 Å². The minimum Gasteiger partial charge on any atom is -0.481 e. The predicted molar refractivity (Wildman–Crippen MR) is 80.4 cm³/mol. The molecule has 0 aromatic rings. The zero-order chi connectivity index (χ0) is 15.7. The van der Waals surface area contributed by atoms with Crippen LogP contribution in [0.3, 0.4) is 0 Å². The highest BCUT2D eigenvalue weighted by molar-refractivity contribution is 5.82. The minimum absolute atomic E-state index is 0. The summed E-state index contributed by atoms with van der Waals surface area (Å²) in [5.74, 6) is -4.00. The van der Waals surface area contributed by atoms with Crippen molar-refractivity contribution in [2.45, 2.75) is 38.7 Å². The molecule has 0 saturated heterocycles. The van der Waals surface area contributed by atoms with Crippen LogP contribution in [-0.2, 0) is 19.1 Å². The maximum absolute atomic E-state index is 11.3. The molecule has 117 valence electrons. The van der Waals surface area contributed by atoms with Gasteiger partial charge in [0.05, 0.1) is 5.92 Å². The van der Waals surface area contributed by atoms with Gasteiger partial charge in [-0.05, 0) is 25.7 Å². The normalized spacial score (nSPS) is 12.9. The summed E-state index contributed by atoms with van der Waals surface area (Å²) in [5.41, 5.74) is 0. The van der Waals surface area contributed by atoms with Gasteiger partial charge in [0.25, 0.3) is 0 Å². The Morgan fingerprint density at radius 3 is 2.19 bits per heavy atom. The topological polar surface area (TPSA) is 101 Å². The number of carbonyl (C=O) groups is 3. The molecule has 0 amide bonds. The van der Waals surface area contributed by atoms with Gasteiger partial charge in [-0.15, -0.1) is 0 Å². The Morgan fingerprint density at radius 1 is 1.24 bits per heavy atom. The summed E-state index contributed by atoms with van der Waals surface area (Å²) in [6.45, 7) is 8.64. The van der Waals surface area contributed by atoms with Crippen molar-refractivity contribution in [1.82, 2.24) is 0 Å². The number of carboxylic acids is 2. The predicted octanol–water partition coefficient (Wildman–Crippen LogP) is 0.984. The first-order valence-corrected chi connectivity index (χ1v) is 6.40. The molecular weight excluding hydrogens is 288 g/mol. The van der Waals surface area contributed by atoms with E-state index in [1.165, 1.54) is 0 Å². The number of hydrogen-bond acceptors (Lipinski definition) is 4. The summed E-state index contributed by atoms with van der Waals surface area (Å²) in [7, 11) is 0. The van der Waals surface area contributed by atoms with Gasteiger partial charge in [-0.2, -0.15) is 0 Å². The monoisotopic (exact) mass is 311 g/mol. The lowest BCUT2D eigenvalue weighted by Gasteiger charge is -2.26. The molecule has 21 heavy (non-hydrogen) atoms. The SMILES string of the molecule is [CH2]C(C)C(OC(=O)C=C)C(CCCCC(=O)O)C(=O)O.[MgH2]. The Morgan fingerprint density at radius 2 is 1.81 bits per heavy atom. The quantitative estimate of drug-likeness (QED) is 0.270. The highest BCUT2D eigenvalue weighted by Gasteiger charge is 2.32. The fourth-order valence-electron chi connectivity index (χ4n) is 1.85. The third kappa shape index (κ3) is 9.46. The molecule has 1 radical (unpaired) electrons. The van der Waals surface area contributed by atoms with Gasteiger partial charge >= 0.3 is 41.0 Å². The van der Waals surface area contributed by atoms with Crippen LogP contribution in [0.5, 0.6) is 0 Å². The molecule has 0 fully saturated rings. The number of unbranched alkanes of at least 4 members (excludes halogenated alkanes) is 1. The van der Waals surface area contributed by atoms with Crippen LogP contribution in [0.15, 0.2) is 12.7 Å². The van der Waals surface area contributed by atoms with E-state index in [9.17, 15) is 19.5 Å². The van der Waals surface area contributed by atoms with Gasteiger partial charge < -0.3 is 14.9 Å². The first kappa shape index (κ1) is 22.2. The number of hydrogen-bond donors (Lipinski definition) is 2. The van der Waals surface area contributed by atoms with Crippen LogP contribution in [0.2, 0.25) is 0 Å². The zero-order valence-electron chi connectivity index (χ0n) is 11.6. The van der Waals surface area contributed by atoms with Crippen LogP contribution in [0, 0.1) is 18.8 Å². The Balaban J connectivity index is 0. The molecule has 0 spiro atoms. The lowest BCUT2D eigenvalue weighted by atomic mass is 9.88. The summed E-state index contributed by atoms with van der Waals surface area (Å²) in [6, 6.07) is 0. The molecule has 6 nitrogen and oxygen atoms in total. The summed E-state index contributed by atoms with van der Waals surface area (Å²) >= 11 is 0. The molecule has 0 aromatic heterocycles. The van der Waals surface area contributed by atoms with Crippen molar-refractivity contribution in [1.29, 1.82) is 0 Å². The van der Waals surface area contributed by atoms with Crippen molar-refractivity contribution in [3.8, 4) is 0 Å². The van der Waals surface area contributed by atoms with Crippen LogP contribution in [0.1, 0.15) is 32.6 Å². The first-order chi connectivity index (χ1) is 9.29. The number of esters is 1. The van der Waals surface area contributed by atoms with Gasteiger partial charge in [-0.3, -0.25) is 9.59 Å². The summed E-state index contributed by atoms with van der Waals surface area (Å²) < 4.78 is 5.05. The smallest absolute Gasteiger partial charge is 0.330 e. The molecule has 7 heteroatoms. The lowest BCUT2D eigenvalue weighted by molar-refractivity contribution is -0.157. The molecular formula is C14H23MgO6. The number of carboxylic acid groups (broad SMARTS) is 2. The van der Waals surface area contributed by atoms with Gasteiger partial charge in [-0.25, -0.2) is 4.79 Å². The number of aliphatic carboxylic acids is 2. The average Bonchev–Trinajstić information content (AvgIpc) is 2.35. The third-order valence-electron chi connectivity index (χ3n) is 2.85. The van der Waals surface area contributed by atoms with E-state index in [2.05, 4.69) is 13.5 Å². The molecule has 0 rings (SSSR count). The second-order valence-corrected chi connectivity index (χ2v) is 4.67. The molecule has 0 aliphatic carbocycles. The summed E-state index contributed by atoms with van der Waals surface area (Å²) in [4.78, 5) is 32.9. The van der Waals surface area contributed by atoms with Crippen molar-refractivity contribution in [3.05, 3.63) is 19.6 Å². The van der Waals surface area contributed by atoms with Crippen molar-refractivity contribution in [3.63, 3.8) is 0 Å². The lowest BCUT2D eigenvalue weighted by Crippen LogP contribution is -2.36. The fraction of sp³-hybridized carbons (Fsp3) is 0.571. The van der Waals surface area contributed by atoms with Crippen LogP contribution >= 0.6 is 0 Å². The summed E-state index contributed by atoms with van der Waals surface area (Å²) in [5, 5.41) is 17.8. The largest absolute Gasteiger partial charge is 0.481 e. The van der Waals surface area contributed by atoms with E-state index in [0.717, 1.165) is 6.08 Å². The van der Waals surface area contributed by atoms with Crippen molar-refractivity contribution in [2.24, 2.45) is 11.8 Å². The Labute approximate surface area is 140 Å². The molecule has 0 heterocycles. The van der Waals surface area contributed by atoms with Crippen LogP contribution in [-0.4, -0.2) is 57.3 Å². The Kier molecular flexibility index (Phi) is 12.2. The highest BCUT2D eigenvalue weighted by atomic mass is 24.3. The molecule has 2 N–H and O–H groups in total. The summed E-state index contributed by atoms with van der Waals surface area (Å²) in [6.07, 6.45) is 1.15. The molecule has 3 atom stereocenters. The van der Waals surface area contributed by atoms with Gasteiger partial charge in [0, 0.05) is 12.5 Å². The molecule has 3 unspecified atom stereocenters. The second-order valence-electron chi connectivity index (χ2n) is 4.67. The van der Waals surface area contributed by atoms with Crippen LogP contribution in [0.25, 0.3) is 0 Å². The van der Waals surface area contributed by atoms with E-state index >= 15 is 0 Å². The zero-order valence-corrected chi connectivity index (χ0v) is 11.6. The van der Waals surface area contributed by atoms with E-state index in [4.69, 9.17) is 9.84 Å². The molecule has 0 aliphatic rings. The highest BCUT2D eigenvalue weighted by Crippen LogP contribution is 2.23. The minimum atomic E-state index is -1.09. The maximum Gasteiger partial charge on any atom is 0.330 e. The van der Waals surface area contributed by atoms with Gasteiger partial charge in [-0.1, -0.05) is 19.9 Å². The molecule has 0 saturated carbocycles. The van der Waals surface area contributed by atoms with Crippen LogP contribution in [0.4, 0.5) is 0 Å². The third-order valence-corrected chi connectivity index (χ3v) is 2.85. The Bertz CT molecular complexity index is 366. The standard InChI is InChI=1S/C14H21O6.Mg.2H/c1-4-12(17)20-13(9(2)3)10(14(18)19)7-5-6-8-11(15)16;;;/h4,9-10,13H,1-2,5-8H2,3H3,(H,15,16)(H,18,19);;;. The van der Waals surface area contributed by atoms with Crippen LogP contribution < -0.4 is 0 Å². The van der Waals surface area contributed by atoms with E-state index in [0.29, 0.717) is 12.8 Å². The van der Waals surface area contributed by atoms with E-state index in [-0.39, 0.29) is 35.9 Å². The van der Waals surface area contributed by atoms with Gasteiger partial charge in [0.2, 0.25) is 0 Å². The molecule has 0 aliphatic heterocycles. The van der Waals surface area contributed by atoms with E-state index in [1.807, 2.05) is 0 Å². The van der Waals surface area contributed by atoms with Gasteiger partial charge in [0.15, 0.2) is 0 Å². The van der Waals surface area contributed by atoms with E-state index < -0.39 is 35.8 Å².